The molecular formula is C9H17N3O3S2. The first-order valence-corrected chi connectivity index (χ1v) is 7.24. The molecule has 3 N–H and O–H groups in total. The summed E-state index contributed by atoms with van der Waals surface area (Å²) < 4.78 is 26.2. The molecule has 0 radical (unpaired) electrons. The van der Waals surface area contributed by atoms with E-state index in [2.05, 4.69) is 16.9 Å². The van der Waals surface area contributed by atoms with Crippen LogP contribution in [0, 0.1) is 0 Å². The van der Waals surface area contributed by atoms with E-state index in [4.69, 9.17) is 5.73 Å². The minimum atomic E-state index is -3.55. The Kier molecular flexibility index (Phi) is 4.45. The lowest BCUT2D eigenvalue weighted by molar-refractivity contribution is -0.132. The molecule has 1 saturated heterocycles. The first kappa shape index (κ1) is 14.3. The number of hydrogen-bond acceptors (Lipinski definition) is 4. The molecule has 2 unspecified atom stereocenters. The monoisotopic (exact) mass is 279 g/mol. The highest BCUT2D eigenvalue weighted by Crippen LogP contribution is 2.12. The van der Waals surface area contributed by atoms with Gasteiger partial charge in [-0.15, -0.1) is 0 Å². The van der Waals surface area contributed by atoms with Crippen LogP contribution in [0.3, 0.4) is 0 Å². The Morgan fingerprint density at radius 1 is 1.65 bits per heavy atom. The van der Waals surface area contributed by atoms with Crippen LogP contribution in [0.2, 0.25) is 0 Å². The Balaban J connectivity index is 2.66. The molecule has 98 valence electrons. The molecule has 2 atom stereocenters. The van der Waals surface area contributed by atoms with Gasteiger partial charge >= 0.3 is 0 Å². The largest absolute Gasteiger partial charge is 0.392 e. The maximum absolute atomic E-state index is 11.8. The predicted molar refractivity (Wildman–Crippen MR) is 69.0 cm³/mol. The van der Waals surface area contributed by atoms with Crippen molar-refractivity contribution in [1.29, 1.82) is 0 Å². The van der Waals surface area contributed by atoms with Crippen LogP contribution in [0.1, 0.15) is 19.8 Å². The van der Waals surface area contributed by atoms with Crippen LogP contribution >= 0.6 is 12.2 Å². The normalized spacial score (nSPS) is 23.5. The molecule has 1 aliphatic heterocycles. The molecule has 1 fully saturated rings. The molecule has 1 rings (SSSR count). The molecule has 1 heterocycles. The summed E-state index contributed by atoms with van der Waals surface area (Å²) in [6.45, 7) is 1.82. The Bertz CT molecular complexity index is 421. The number of amides is 1. The molecule has 0 aromatic carbocycles. The fourth-order valence-electron chi connectivity index (χ4n) is 1.60. The summed E-state index contributed by atoms with van der Waals surface area (Å²) in [7, 11) is -1.90. The van der Waals surface area contributed by atoms with Crippen molar-refractivity contribution in [3.05, 3.63) is 0 Å². The number of carbonyl (C=O) groups is 1. The number of hydrogen-bond donors (Lipinski definition) is 2. The standard InChI is InChI=1S/C9H17N3O3S2/c1-6(9(10)16)17(14,15)11-7-3-4-8(13)12(2)5-7/h6-7,11H,3-5H2,1-2H3,(H2,10,16). The third-order valence-corrected chi connectivity index (χ3v) is 5.17. The summed E-state index contributed by atoms with van der Waals surface area (Å²) in [6.07, 6.45) is 0.859. The lowest BCUT2D eigenvalue weighted by Gasteiger charge is -2.30. The number of nitrogens with one attached hydrogen (secondary N) is 1. The van der Waals surface area contributed by atoms with Crippen molar-refractivity contribution >= 4 is 33.1 Å². The molecule has 0 aliphatic carbocycles. The SMILES string of the molecule is CC(C(N)=S)S(=O)(=O)NC1CCC(=O)N(C)C1. The van der Waals surface area contributed by atoms with E-state index in [9.17, 15) is 13.2 Å². The smallest absolute Gasteiger partial charge is 0.222 e. The summed E-state index contributed by atoms with van der Waals surface area (Å²) in [5.74, 6) is 0.0304. The maximum atomic E-state index is 11.8. The number of sulfonamides is 1. The summed E-state index contributed by atoms with van der Waals surface area (Å²) in [5, 5.41) is -0.902. The summed E-state index contributed by atoms with van der Waals surface area (Å²) in [5.41, 5.74) is 5.32. The number of rotatable bonds is 4. The van der Waals surface area contributed by atoms with Gasteiger partial charge in [0.25, 0.3) is 0 Å². The fraction of sp³-hybridized carbons (Fsp3) is 0.778. The number of thiocarbonyl (C=S) groups is 1. The Morgan fingerprint density at radius 3 is 2.71 bits per heavy atom. The van der Waals surface area contributed by atoms with Crippen molar-refractivity contribution < 1.29 is 13.2 Å². The Hall–Kier alpha value is -0.730. The van der Waals surface area contributed by atoms with Crippen molar-refractivity contribution in [3.63, 3.8) is 0 Å². The average Bonchev–Trinajstić information content (AvgIpc) is 2.22. The molecule has 8 heteroatoms. The van der Waals surface area contributed by atoms with Crippen LogP contribution in [-0.4, -0.2) is 49.1 Å². The summed E-state index contributed by atoms with van der Waals surface area (Å²) in [4.78, 5) is 12.7. The first-order chi connectivity index (χ1) is 7.74. The second kappa shape index (κ2) is 5.28. The van der Waals surface area contributed by atoms with E-state index in [1.54, 1.807) is 7.05 Å². The van der Waals surface area contributed by atoms with Gasteiger partial charge in [0.05, 0.1) is 4.99 Å². The van der Waals surface area contributed by atoms with Gasteiger partial charge in [0, 0.05) is 26.1 Å². The van der Waals surface area contributed by atoms with Crippen LogP contribution in [0.4, 0.5) is 0 Å². The maximum Gasteiger partial charge on any atom is 0.222 e. The minimum Gasteiger partial charge on any atom is -0.392 e. The minimum absolute atomic E-state index is 0.0304. The van der Waals surface area contributed by atoms with E-state index in [0.717, 1.165) is 0 Å². The van der Waals surface area contributed by atoms with Gasteiger partial charge in [0.2, 0.25) is 15.9 Å². The second-order valence-electron chi connectivity index (χ2n) is 4.22. The lowest BCUT2D eigenvalue weighted by atomic mass is 10.1. The molecule has 0 aromatic heterocycles. The van der Waals surface area contributed by atoms with Gasteiger partial charge in [-0.1, -0.05) is 12.2 Å². The number of nitrogens with zero attached hydrogens (tertiary/aromatic N) is 1. The van der Waals surface area contributed by atoms with Crippen molar-refractivity contribution in [1.82, 2.24) is 9.62 Å². The van der Waals surface area contributed by atoms with E-state index in [-0.39, 0.29) is 16.9 Å². The quantitative estimate of drug-likeness (QED) is 0.657. The molecule has 1 aliphatic rings. The number of likely N-dealkylation sites (N-methyl/N-ethyl adjacent to an activating group) is 1. The molecule has 6 nitrogen and oxygen atoms in total. The van der Waals surface area contributed by atoms with Crippen LogP contribution in [0.15, 0.2) is 0 Å². The van der Waals surface area contributed by atoms with Gasteiger partial charge in [-0.05, 0) is 13.3 Å². The molecule has 17 heavy (non-hydrogen) atoms. The molecule has 0 spiro atoms. The average molecular weight is 279 g/mol. The van der Waals surface area contributed by atoms with Gasteiger partial charge < -0.3 is 10.6 Å². The van der Waals surface area contributed by atoms with Crippen LogP contribution in [0.25, 0.3) is 0 Å². The van der Waals surface area contributed by atoms with E-state index >= 15 is 0 Å². The zero-order chi connectivity index (χ0) is 13.2. The highest BCUT2D eigenvalue weighted by Gasteiger charge is 2.30. The number of carbonyl (C=O) groups excluding carboxylic acids is 1. The van der Waals surface area contributed by atoms with Gasteiger partial charge in [0.1, 0.15) is 5.25 Å². The lowest BCUT2D eigenvalue weighted by Crippen LogP contribution is -2.51. The highest BCUT2D eigenvalue weighted by molar-refractivity contribution is 7.93. The van der Waals surface area contributed by atoms with Gasteiger partial charge in [-0.3, -0.25) is 4.79 Å². The van der Waals surface area contributed by atoms with Crippen molar-refractivity contribution in [2.24, 2.45) is 5.73 Å². The van der Waals surface area contributed by atoms with E-state index in [1.165, 1.54) is 11.8 Å². The van der Waals surface area contributed by atoms with Crippen molar-refractivity contribution in [2.45, 2.75) is 31.1 Å². The fourth-order valence-corrected chi connectivity index (χ4v) is 3.14. The van der Waals surface area contributed by atoms with Gasteiger partial charge in [-0.2, -0.15) is 0 Å². The summed E-state index contributed by atoms with van der Waals surface area (Å²) in [6, 6.07) is -0.264. The Labute approximate surface area is 107 Å². The number of nitrogens with two attached hydrogens (primary N) is 1. The molecular weight excluding hydrogens is 262 g/mol. The van der Waals surface area contributed by atoms with Gasteiger partial charge in [0.15, 0.2) is 0 Å². The van der Waals surface area contributed by atoms with Crippen molar-refractivity contribution in [2.75, 3.05) is 13.6 Å². The zero-order valence-corrected chi connectivity index (χ0v) is 11.5. The van der Waals surface area contributed by atoms with E-state index < -0.39 is 15.3 Å². The third kappa shape index (κ3) is 3.62. The number of piperidine rings is 1. The zero-order valence-electron chi connectivity index (χ0n) is 9.84. The molecule has 1 amide bonds. The predicted octanol–water partition coefficient (Wildman–Crippen LogP) is -0.799. The second-order valence-corrected chi connectivity index (χ2v) is 6.72. The molecule has 0 aromatic rings. The first-order valence-electron chi connectivity index (χ1n) is 5.28. The Morgan fingerprint density at radius 2 is 2.24 bits per heavy atom. The molecule has 0 bridgehead atoms. The van der Waals surface area contributed by atoms with Crippen LogP contribution < -0.4 is 10.5 Å². The summed E-state index contributed by atoms with van der Waals surface area (Å²) >= 11 is 4.67. The highest BCUT2D eigenvalue weighted by atomic mass is 32.2. The molecule has 0 saturated carbocycles. The van der Waals surface area contributed by atoms with E-state index in [0.29, 0.717) is 19.4 Å². The van der Waals surface area contributed by atoms with E-state index in [1.807, 2.05) is 0 Å². The topological polar surface area (TPSA) is 92.5 Å². The van der Waals surface area contributed by atoms with Crippen LogP contribution in [0.5, 0.6) is 0 Å². The third-order valence-electron chi connectivity index (χ3n) is 2.82. The number of likely N-dealkylation sites (tertiary alicyclic amines) is 1. The van der Waals surface area contributed by atoms with Gasteiger partial charge in [-0.25, -0.2) is 13.1 Å². The van der Waals surface area contributed by atoms with Crippen molar-refractivity contribution in [3.8, 4) is 0 Å². The van der Waals surface area contributed by atoms with Crippen LogP contribution in [-0.2, 0) is 14.8 Å².